The number of ether oxygens (including phenoxy) is 2. The molecular weight excluding hydrogens is 536 g/mol. The Balaban J connectivity index is 1.16. The zero-order valence-corrected chi connectivity index (χ0v) is 23.1. The largest absolute Gasteiger partial charge is 0.490 e. The van der Waals surface area contributed by atoms with E-state index in [1.165, 1.54) is 6.21 Å². The molecular formula is C34H27ClN2O4. The van der Waals surface area contributed by atoms with Crippen LogP contribution in [0, 0.1) is 11.8 Å². The van der Waals surface area contributed by atoms with Crippen molar-refractivity contribution in [1.82, 2.24) is 5.01 Å². The quantitative estimate of drug-likeness (QED) is 0.189. The van der Waals surface area contributed by atoms with Gasteiger partial charge in [0.1, 0.15) is 6.61 Å². The highest BCUT2D eigenvalue weighted by molar-refractivity contribution is 6.31. The molecule has 6 nitrogen and oxygen atoms in total. The Labute approximate surface area is 243 Å². The maximum atomic E-state index is 13.8. The first-order valence-electron chi connectivity index (χ1n) is 13.8. The van der Waals surface area contributed by atoms with Crippen LogP contribution in [0.25, 0.3) is 0 Å². The Kier molecular flexibility index (Phi) is 6.36. The molecule has 41 heavy (non-hydrogen) atoms. The van der Waals surface area contributed by atoms with E-state index in [4.69, 9.17) is 21.1 Å². The Hall–Kier alpha value is -4.42. The number of nitrogens with zero attached hydrogens (tertiary/aromatic N) is 2. The Bertz CT molecular complexity index is 1600. The molecule has 4 aliphatic rings. The van der Waals surface area contributed by atoms with Gasteiger partial charge in [-0.1, -0.05) is 78.3 Å². The summed E-state index contributed by atoms with van der Waals surface area (Å²) in [6.07, 6.45) is 1.54. The van der Waals surface area contributed by atoms with Crippen LogP contribution in [0.3, 0.4) is 0 Å². The Morgan fingerprint density at radius 1 is 0.756 bits per heavy atom. The van der Waals surface area contributed by atoms with Crippen LogP contribution in [-0.2, 0) is 16.2 Å². The van der Waals surface area contributed by atoms with Crippen LogP contribution >= 0.6 is 11.6 Å². The van der Waals surface area contributed by atoms with Crippen LogP contribution < -0.4 is 9.47 Å². The summed E-state index contributed by atoms with van der Waals surface area (Å²) in [6.45, 7) is 2.63. The van der Waals surface area contributed by atoms with E-state index in [2.05, 4.69) is 29.4 Å². The molecule has 2 atom stereocenters. The van der Waals surface area contributed by atoms with E-state index in [0.29, 0.717) is 35.3 Å². The molecule has 204 valence electrons. The van der Waals surface area contributed by atoms with Gasteiger partial charge in [0.2, 0.25) is 0 Å². The highest BCUT2D eigenvalue weighted by atomic mass is 35.5. The van der Waals surface area contributed by atoms with Crippen molar-refractivity contribution < 1.29 is 19.1 Å². The van der Waals surface area contributed by atoms with Crippen LogP contribution in [0.1, 0.15) is 52.1 Å². The third-order valence-corrected chi connectivity index (χ3v) is 8.72. The molecule has 1 aliphatic heterocycles. The number of hydrogen-bond acceptors (Lipinski definition) is 5. The zero-order chi connectivity index (χ0) is 28.1. The number of carbonyl (C=O) groups is 2. The molecule has 0 unspecified atom stereocenters. The third kappa shape index (κ3) is 4.13. The first-order chi connectivity index (χ1) is 20.1. The van der Waals surface area contributed by atoms with Crippen LogP contribution in [0.2, 0.25) is 5.02 Å². The fourth-order valence-electron chi connectivity index (χ4n) is 6.66. The first kappa shape index (κ1) is 25.5. The Morgan fingerprint density at radius 3 is 1.88 bits per heavy atom. The zero-order valence-electron chi connectivity index (χ0n) is 22.4. The van der Waals surface area contributed by atoms with E-state index in [9.17, 15) is 9.59 Å². The summed E-state index contributed by atoms with van der Waals surface area (Å²) in [5.41, 5.74) is 6.10. The number of hydrogen-bond donors (Lipinski definition) is 0. The third-order valence-electron chi connectivity index (χ3n) is 8.36. The van der Waals surface area contributed by atoms with Crippen molar-refractivity contribution in [2.75, 3.05) is 6.61 Å². The van der Waals surface area contributed by atoms with Crippen molar-refractivity contribution in [3.05, 3.63) is 129 Å². The molecule has 2 amide bonds. The summed E-state index contributed by atoms with van der Waals surface area (Å²) in [7, 11) is 0. The number of benzene rings is 4. The van der Waals surface area contributed by atoms with Gasteiger partial charge < -0.3 is 9.47 Å². The Morgan fingerprint density at radius 2 is 1.32 bits per heavy atom. The minimum atomic E-state index is -0.464. The van der Waals surface area contributed by atoms with Gasteiger partial charge in [-0.25, -0.2) is 0 Å². The molecule has 1 saturated heterocycles. The molecule has 4 aromatic rings. The summed E-state index contributed by atoms with van der Waals surface area (Å²) in [6, 6.07) is 29.3. The van der Waals surface area contributed by atoms with E-state index in [1.54, 1.807) is 12.1 Å². The standard InChI is InChI=1S/C34H27ClN2O4/c1-2-40-28-17-20(15-16-27(28)41-19-21-9-3-8-14-26(21)35)18-36-37-33(38)31-29-22-10-4-5-11-23(22)30(32(31)34(37)39)25-13-7-6-12-24(25)29/h3-18,29-32H,2,19H2,1H3/b36-18-/t29?,30?,31-,32+. The molecule has 0 spiro atoms. The van der Waals surface area contributed by atoms with Crippen molar-refractivity contribution in [3.63, 3.8) is 0 Å². The fraction of sp³-hybridized carbons (Fsp3) is 0.206. The van der Waals surface area contributed by atoms with Crippen molar-refractivity contribution in [2.24, 2.45) is 16.9 Å². The molecule has 0 radical (unpaired) electrons. The topological polar surface area (TPSA) is 68.2 Å². The minimum Gasteiger partial charge on any atom is -0.490 e. The van der Waals surface area contributed by atoms with Crippen molar-refractivity contribution in [2.45, 2.75) is 25.4 Å². The summed E-state index contributed by atoms with van der Waals surface area (Å²) in [4.78, 5) is 27.6. The van der Waals surface area contributed by atoms with Crippen molar-refractivity contribution >= 4 is 29.6 Å². The first-order valence-corrected chi connectivity index (χ1v) is 14.2. The van der Waals surface area contributed by atoms with Gasteiger partial charge in [0.15, 0.2) is 11.5 Å². The molecule has 3 aliphatic carbocycles. The maximum Gasteiger partial charge on any atom is 0.254 e. The van der Waals surface area contributed by atoms with Gasteiger partial charge in [-0.15, -0.1) is 0 Å². The van der Waals surface area contributed by atoms with Gasteiger partial charge in [0.25, 0.3) is 11.8 Å². The van der Waals surface area contributed by atoms with Gasteiger partial charge in [-0.3, -0.25) is 9.59 Å². The lowest BCUT2D eigenvalue weighted by Gasteiger charge is -2.45. The average molecular weight is 563 g/mol. The lowest BCUT2D eigenvalue weighted by Crippen LogP contribution is -2.41. The lowest BCUT2D eigenvalue weighted by atomic mass is 9.55. The molecule has 1 fully saturated rings. The lowest BCUT2D eigenvalue weighted by molar-refractivity contribution is -0.139. The van der Waals surface area contributed by atoms with E-state index in [0.717, 1.165) is 32.8 Å². The van der Waals surface area contributed by atoms with Crippen molar-refractivity contribution in [1.29, 1.82) is 0 Å². The fourth-order valence-corrected chi connectivity index (χ4v) is 6.85. The van der Waals surface area contributed by atoms with Crippen LogP contribution in [-0.4, -0.2) is 29.6 Å². The molecule has 0 N–H and O–H groups in total. The van der Waals surface area contributed by atoms with Gasteiger partial charge in [-0.2, -0.15) is 10.1 Å². The predicted molar refractivity (Wildman–Crippen MR) is 156 cm³/mol. The number of halogens is 1. The maximum absolute atomic E-state index is 13.8. The van der Waals surface area contributed by atoms with Crippen LogP contribution in [0.5, 0.6) is 11.5 Å². The van der Waals surface area contributed by atoms with E-state index in [1.807, 2.05) is 61.5 Å². The SMILES string of the molecule is CCOc1cc(/C=N\N2C(=O)[C@@H]3C4c5ccccc5C(c5ccccc54)[C@@H]3C2=O)ccc1OCc1ccccc1Cl. The van der Waals surface area contributed by atoms with Gasteiger partial charge in [0, 0.05) is 22.4 Å². The van der Waals surface area contributed by atoms with Gasteiger partial charge in [-0.05, 0) is 59.0 Å². The average Bonchev–Trinajstić information content (AvgIpc) is 3.26. The summed E-state index contributed by atoms with van der Waals surface area (Å²) in [5, 5.41) is 6.15. The highest BCUT2D eigenvalue weighted by Crippen LogP contribution is 2.61. The molecule has 0 saturated carbocycles. The molecule has 1 heterocycles. The number of carbonyl (C=O) groups excluding carboxylic acids is 2. The molecule has 4 aromatic carbocycles. The second-order valence-electron chi connectivity index (χ2n) is 10.5. The van der Waals surface area contributed by atoms with Crippen LogP contribution in [0.15, 0.2) is 96.1 Å². The monoisotopic (exact) mass is 562 g/mol. The highest BCUT2D eigenvalue weighted by Gasteiger charge is 2.61. The molecule has 8 rings (SSSR count). The normalized spacial score (nSPS) is 22.0. The summed E-state index contributed by atoms with van der Waals surface area (Å²) >= 11 is 6.28. The predicted octanol–water partition coefficient (Wildman–Crippen LogP) is 6.54. The molecule has 2 bridgehead atoms. The van der Waals surface area contributed by atoms with E-state index in [-0.39, 0.29) is 23.7 Å². The van der Waals surface area contributed by atoms with Gasteiger partial charge >= 0.3 is 0 Å². The molecule has 0 aromatic heterocycles. The minimum absolute atomic E-state index is 0.159. The smallest absolute Gasteiger partial charge is 0.254 e. The van der Waals surface area contributed by atoms with E-state index >= 15 is 0 Å². The summed E-state index contributed by atoms with van der Waals surface area (Å²) in [5.74, 6) is -0.639. The summed E-state index contributed by atoms with van der Waals surface area (Å²) < 4.78 is 11.8. The van der Waals surface area contributed by atoms with Crippen molar-refractivity contribution in [3.8, 4) is 11.5 Å². The number of amides is 2. The second-order valence-corrected chi connectivity index (χ2v) is 10.9. The number of imide groups is 1. The molecule has 7 heteroatoms. The van der Waals surface area contributed by atoms with Gasteiger partial charge in [0.05, 0.1) is 24.7 Å². The number of hydrazone groups is 1. The number of rotatable bonds is 7. The second kappa shape index (κ2) is 10.2. The van der Waals surface area contributed by atoms with Crippen LogP contribution in [0.4, 0.5) is 0 Å². The van der Waals surface area contributed by atoms with E-state index < -0.39 is 11.8 Å².